The van der Waals surface area contributed by atoms with E-state index in [-0.39, 0.29) is 5.91 Å². The molecule has 0 aliphatic carbocycles. The van der Waals surface area contributed by atoms with E-state index in [1.54, 1.807) is 6.07 Å². The average molecular weight is 234 g/mol. The van der Waals surface area contributed by atoms with E-state index in [4.69, 9.17) is 10.5 Å². The minimum atomic E-state index is 0.243. The fourth-order valence-electron chi connectivity index (χ4n) is 1.98. The van der Waals surface area contributed by atoms with E-state index >= 15 is 0 Å². The Labute approximate surface area is 101 Å². The number of carbonyl (C=O) groups excluding carboxylic acids is 1. The molecule has 92 valence electrons. The Hall–Kier alpha value is -1.71. The molecule has 0 radical (unpaired) electrons. The molecule has 0 aromatic heterocycles. The average Bonchev–Trinajstić information content (AvgIpc) is 2.32. The molecule has 2 rings (SSSR count). The van der Waals surface area contributed by atoms with Crippen LogP contribution in [0.4, 0.5) is 5.69 Å². The van der Waals surface area contributed by atoms with Gasteiger partial charge < -0.3 is 15.4 Å². The van der Waals surface area contributed by atoms with Crippen LogP contribution in [0.2, 0.25) is 0 Å². The van der Waals surface area contributed by atoms with Gasteiger partial charge in [-0.3, -0.25) is 4.79 Å². The van der Waals surface area contributed by atoms with Gasteiger partial charge in [-0.15, -0.1) is 0 Å². The van der Waals surface area contributed by atoms with Crippen LogP contribution in [0.1, 0.15) is 19.3 Å². The third-order valence-electron chi connectivity index (χ3n) is 2.91. The van der Waals surface area contributed by atoms with Gasteiger partial charge in [0.2, 0.25) is 5.91 Å². The first kappa shape index (κ1) is 11.8. The van der Waals surface area contributed by atoms with Crippen molar-refractivity contribution in [2.45, 2.75) is 19.3 Å². The predicted octanol–water partition coefficient (Wildman–Crippen LogP) is 1.66. The van der Waals surface area contributed by atoms with E-state index in [0.29, 0.717) is 25.3 Å². The summed E-state index contributed by atoms with van der Waals surface area (Å²) in [4.78, 5) is 13.4. The number of hydrogen-bond acceptors (Lipinski definition) is 3. The van der Waals surface area contributed by atoms with Crippen molar-refractivity contribution in [1.29, 1.82) is 0 Å². The first-order valence-electron chi connectivity index (χ1n) is 6.02. The number of anilines is 1. The Morgan fingerprint density at radius 3 is 3.00 bits per heavy atom. The lowest BCUT2D eigenvalue weighted by molar-refractivity contribution is -0.133. The summed E-state index contributed by atoms with van der Waals surface area (Å²) >= 11 is 0. The van der Waals surface area contributed by atoms with E-state index in [2.05, 4.69) is 0 Å². The highest BCUT2D eigenvalue weighted by Gasteiger charge is 2.17. The highest BCUT2D eigenvalue weighted by atomic mass is 16.5. The number of rotatable bonds is 4. The summed E-state index contributed by atoms with van der Waals surface area (Å²) in [5, 5.41) is 0. The highest BCUT2D eigenvalue weighted by Crippen LogP contribution is 2.15. The van der Waals surface area contributed by atoms with Crippen molar-refractivity contribution in [3.8, 4) is 5.75 Å². The van der Waals surface area contributed by atoms with Crippen LogP contribution in [0.15, 0.2) is 24.3 Å². The molecule has 0 bridgehead atoms. The molecule has 1 aromatic rings. The number of carbonyl (C=O) groups is 1. The maximum Gasteiger partial charge on any atom is 0.222 e. The number of hydrogen-bond donors (Lipinski definition) is 1. The zero-order valence-electron chi connectivity index (χ0n) is 9.89. The van der Waals surface area contributed by atoms with Crippen molar-refractivity contribution in [1.82, 2.24) is 4.90 Å². The normalized spacial score (nSPS) is 16.0. The molecule has 0 saturated carbocycles. The fraction of sp³-hybridized carbons (Fsp3) is 0.462. The molecule has 4 heteroatoms. The van der Waals surface area contributed by atoms with Crippen LogP contribution in [0.5, 0.6) is 5.75 Å². The molecule has 4 nitrogen and oxygen atoms in total. The smallest absolute Gasteiger partial charge is 0.222 e. The molecule has 17 heavy (non-hydrogen) atoms. The van der Waals surface area contributed by atoms with Gasteiger partial charge in [0.15, 0.2) is 0 Å². The van der Waals surface area contributed by atoms with Crippen LogP contribution < -0.4 is 10.5 Å². The van der Waals surface area contributed by atoms with Gasteiger partial charge in [-0.2, -0.15) is 0 Å². The lowest BCUT2D eigenvalue weighted by atomic mass is 10.1. The van der Waals surface area contributed by atoms with Crippen LogP contribution in [0.25, 0.3) is 0 Å². The Kier molecular flexibility index (Phi) is 3.85. The highest BCUT2D eigenvalue weighted by molar-refractivity contribution is 5.76. The molecule has 2 N–H and O–H groups in total. The molecule has 1 aliphatic rings. The Balaban J connectivity index is 1.77. The predicted molar refractivity (Wildman–Crippen MR) is 66.8 cm³/mol. The number of amides is 1. The second kappa shape index (κ2) is 5.57. The minimum Gasteiger partial charge on any atom is -0.492 e. The third-order valence-corrected chi connectivity index (χ3v) is 2.91. The number of nitrogen functional groups attached to an aromatic ring is 1. The fourth-order valence-corrected chi connectivity index (χ4v) is 1.98. The van der Waals surface area contributed by atoms with Gasteiger partial charge in [0.25, 0.3) is 0 Å². The van der Waals surface area contributed by atoms with Gasteiger partial charge in [0, 0.05) is 24.7 Å². The summed E-state index contributed by atoms with van der Waals surface area (Å²) in [5.41, 5.74) is 6.34. The maximum absolute atomic E-state index is 11.5. The molecule has 0 unspecified atom stereocenters. The van der Waals surface area contributed by atoms with Crippen molar-refractivity contribution in [2.24, 2.45) is 0 Å². The molecule has 0 atom stereocenters. The number of piperidine rings is 1. The van der Waals surface area contributed by atoms with E-state index < -0.39 is 0 Å². The van der Waals surface area contributed by atoms with Crippen LogP contribution in [-0.4, -0.2) is 30.5 Å². The Bertz CT molecular complexity index is 393. The third kappa shape index (κ3) is 3.37. The lowest BCUT2D eigenvalue weighted by Gasteiger charge is -2.26. The molecule has 1 aliphatic heterocycles. The summed E-state index contributed by atoms with van der Waals surface area (Å²) in [6, 6.07) is 7.34. The Morgan fingerprint density at radius 2 is 2.24 bits per heavy atom. The molecule has 1 heterocycles. The van der Waals surface area contributed by atoms with Crippen molar-refractivity contribution >= 4 is 11.6 Å². The van der Waals surface area contributed by atoms with E-state index in [9.17, 15) is 4.79 Å². The van der Waals surface area contributed by atoms with Gasteiger partial charge in [-0.05, 0) is 25.0 Å². The topological polar surface area (TPSA) is 55.6 Å². The summed E-state index contributed by atoms with van der Waals surface area (Å²) in [6.45, 7) is 2.04. The minimum absolute atomic E-state index is 0.243. The summed E-state index contributed by atoms with van der Waals surface area (Å²) in [5.74, 6) is 1.00. The van der Waals surface area contributed by atoms with Gasteiger partial charge in [-0.25, -0.2) is 0 Å². The largest absolute Gasteiger partial charge is 0.492 e. The standard InChI is InChI=1S/C13H18N2O2/c14-11-4-3-5-12(10-11)17-9-8-15-7-2-1-6-13(15)16/h3-5,10H,1-2,6-9,14H2. The number of ether oxygens (including phenoxy) is 1. The zero-order chi connectivity index (χ0) is 12.1. The van der Waals surface area contributed by atoms with Crippen molar-refractivity contribution in [3.63, 3.8) is 0 Å². The maximum atomic E-state index is 11.5. The second-order valence-electron chi connectivity index (χ2n) is 4.26. The molecular weight excluding hydrogens is 216 g/mol. The van der Waals surface area contributed by atoms with Crippen LogP contribution >= 0.6 is 0 Å². The second-order valence-corrected chi connectivity index (χ2v) is 4.26. The number of nitrogens with zero attached hydrogens (tertiary/aromatic N) is 1. The number of benzene rings is 1. The summed E-state index contributed by atoms with van der Waals surface area (Å²) < 4.78 is 5.56. The quantitative estimate of drug-likeness (QED) is 0.806. The van der Waals surface area contributed by atoms with Gasteiger partial charge in [0.05, 0.1) is 6.54 Å². The summed E-state index contributed by atoms with van der Waals surface area (Å²) in [6.07, 6.45) is 2.80. The first-order chi connectivity index (χ1) is 8.25. The van der Waals surface area contributed by atoms with Gasteiger partial charge >= 0.3 is 0 Å². The zero-order valence-corrected chi connectivity index (χ0v) is 9.89. The number of likely N-dealkylation sites (tertiary alicyclic amines) is 1. The van der Waals surface area contributed by atoms with Crippen molar-refractivity contribution in [2.75, 3.05) is 25.4 Å². The van der Waals surface area contributed by atoms with Crippen LogP contribution in [0, 0.1) is 0 Å². The van der Waals surface area contributed by atoms with E-state index in [1.807, 2.05) is 23.1 Å². The van der Waals surface area contributed by atoms with E-state index in [0.717, 1.165) is 25.1 Å². The molecule has 1 aromatic carbocycles. The van der Waals surface area contributed by atoms with Crippen LogP contribution in [0.3, 0.4) is 0 Å². The monoisotopic (exact) mass is 234 g/mol. The van der Waals surface area contributed by atoms with Gasteiger partial charge in [0.1, 0.15) is 12.4 Å². The molecule has 1 fully saturated rings. The number of nitrogens with two attached hydrogens (primary N) is 1. The molecule has 1 amide bonds. The first-order valence-corrected chi connectivity index (χ1v) is 6.02. The van der Waals surface area contributed by atoms with Crippen LogP contribution in [-0.2, 0) is 4.79 Å². The van der Waals surface area contributed by atoms with Crippen molar-refractivity contribution < 1.29 is 9.53 Å². The molecule has 1 saturated heterocycles. The lowest BCUT2D eigenvalue weighted by Crippen LogP contribution is -2.38. The Morgan fingerprint density at radius 1 is 1.35 bits per heavy atom. The van der Waals surface area contributed by atoms with Gasteiger partial charge in [-0.1, -0.05) is 6.07 Å². The SMILES string of the molecule is Nc1cccc(OCCN2CCCCC2=O)c1. The molecular formula is C13H18N2O2. The van der Waals surface area contributed by atoms with E-state index in [1.165, 1.54) is 0 Å². The molecule has 0 spiro atoms. The van der Waals surface area contributed by atoms with Crippen molar-refractivity contribution in [3.05, 3.63) is 24.3 Å². The summed E-state index contributed by atoms with van der Waals surface area (Å²) in [7, 11) is 0.